The molecule has 1 aliphatic rings. The van der Waals surface area contributed by atoms with Gasteiger partial charge >= 0.3 is 0 Å². The molecule has 1 saturated heterocycles. The molecule has 0 aliphatic carbocycles. The Bertz CT molecular complexity index is 450. The highest BCUT2D eigenvalue weighted by molar-refractivity contribution is 14.0. The molecule has 5 heteroatoms. The summed E-state index contributed by atoms with van der Waals surface area (Å²) >= 11 is 0. The highest BCUT2D eigenvalue weighted by atomic mass is 127. The Labute approximate surface area is 131 Å². The molecule has 3 N–H and O–H groups in total. The number of benzene rings is 1. The lowest BCUT2D eigenvalue weighted by atomic mass is 9.89. The van der Waals surface area contributed by atoms with Crippen molar-refractivity contribution in [1.29, 1.82) is 0 Å². The highest BCUT2D eigenvalue weighted by Gasteiger charge is 2.32. The van der Waals surface area contributed by atoms with Gasteiger partial charge in [-0.25, -0.2) is 0 Å². The van der Waals surface area contributed by atoms with Crippen LogP contribution in [0, 0.1) is 19.3 Å². The zero-order chi connectivity index (χ0) is 13.2. The minimum atomic E-state index is 0. The third-order valence-electron chi connectivity index (χ3n) is 3.03. The maximum Gasteiger partial charge on any atom is 0.193 e. The van der Waals surface area contributed by atoms with Crippen LogP contribution in [0.5, 0.6) is 0 Å². The summed E-state index contributed by atoms with van der Waals surface area (Å²) in [5.41, 5.74) is 9.47. The average Bonchev–Trinajstić information content (AvgIpc) is 2.22. The summed E-state index contributed by atoms with van der Waals surface area (Å²) in [6.07, 6.45) is 0. The van der Waals surface area contributed by atoms with Crippen LogP contribution in [0.25, 0.3) is 0 Å². The molecule has 1 heterocycles. The zero-order valence-electron chi connectivity index (χ0n) is 11.7. The van der Waals surface area contributed by atoms with Gasteiger partial charge in [0.25, 0.3) is 0 Å². The van der Waals surface area contributed by atoms with Crippen molar-refractivity contribution in [2.75, 3.05) is 25.1 Å². The molecule has 1 aromatic carbocycles. The van der Waals surface area contributed by atoms with Crippen molar-refractivity contribution >= 4 is 35.6 Å². The molecule has 1 aromatic rings. The van der Waals surface area contributed by atoms with Crippen molar-refractivity contribution in [3.05, 3.63) is 29.3 Å². The van der Waals surface area contributed by atoms with E-state index in [0.717, 1.165) is 18.9 Å². The number of hydrogen-bond donors (Lipinski definition) is 2. The van der Waals surface area contributed by atoms with Crippen LogP contribution < -0.4 is 11.1 Å². The van der Waals surface area contributed by atoms with Gasteiger partial charge in [-0.1, -0.05) is 13.0 Å². The first-order chi connectivity index (χ1) is 8.47. The van der Waals surface area contributed by atoms with Crippen molar-refractivity contribution in [2.24, 2.45) is 16.1 Å². The first kappa shape index (κ1) is 16.2. The van der Waals surface area contributed by atoms with Crippen LogP contribution in [0.3, 0.4) is 0 Å². The van der Waals surface area contributed by atoms with Crippen molar-refractivity contribution < 1.29 is 4.74 Å². The fourth-order valence-electron chi connectivity index (χ4n) is 2.05. The fraction of sp³-hybridized carbons (Fsp3) is 0.500. The second-order valence-electron chi connectivity index (χ2n) is 5.51. The molecule has 19 heavy (non-hydrogen) atoms. The largest absolute Gasteiger partial charge is 0.380 e. The van der Waals surface area contributed by atoms with Crippen LogP contribution in [-0.2, 0) is 4.74 Å². The third-order valence-corrected chi connectivity index (χ3v) is 3.03. The highest BCUT2D eigenvalue weighted by Crippen LogP contribution is 2.26. The topological polar surface area (TPSA) is 59.6 Å². The van der Waals surface area contributed by atoms with E-state index in [1.54, 1.807) is 0 Å². The number of aliphatic imine (C=N–C) groups is 1. The van der Waals surface area contributed by atoms with E-state index >= 15 is 0 Å². The molecule has 0 unspecified atom stereocenters. The summed E-state index contributed by atoms with van der Waals surface area (Å²) in [4.78, 5) is 4.38. The first-order valence-corrected chi connectivity index (χ1v) is 6.20. The van der Waals surface area contributed by atoms with Gasteiger partial charge in [0.1, 0.15) is 0 Å². The molecule has 1 aliphatic heterocycles. The van der Waals surface area contributed by atoms with Crippen molar-refractivity contribution in [3.63, 3.8) is 0 Å². The Morgan fingerprint density at radius 3 is 2.37 bits per heavy atom. The molecular weight excluding hydrogens is 353 g/mol. The van der Waals surface area contributed by atoms with Crippen LogP contribution in [0.2, 0.25) is 0 Å². The lowest BCUT2D eigenvalue weighted by molar-refractivity contribution is -0.0944. The Hall–Kier alpha value is -0.820. The van der Waals surface area contributed by atoms with E-state index in [-0.39, 0.29) is 29.4 Å². The minimum Gasteiger partial charge on any atom is -0.380 e. The van der Waals surface area contributed by atoms with E-state index in [1.165, 1.54) is 11.1 Å². The number of hydrogen-bond acceptors (Lipinski definition) is 2. The van der Waals surface area contributed by atoms with Crippen molar-refractivity contribution in [3.8, 4) is 0 Å². The van der Waals surface area contributed by atoms with E-state index in [1.807, 2.05) is 0 Å². The van der Waals surface area contributed by atoms with E-state index in [9.17, 15) is 0 Å². The van der Waals surface area contributed by atoms with Crippen LogP contribution in [-0.4, -0.2) is 25.7 Å². The molecule has 0 bridgehead atoms. The lowest BCUT2D eigenvalue weighted by Crippen LogP contribution is -2.43. The quantitative estimate of drug-likeness (QED) is 0.485. The zero-order valence-corrected chi connectivity index (χ0v) is 14.0. The van der Waals surface area contributed by atoms with Crippen molar-refractivity contribution in [1.82, 2.24) is 0 Å². The maximum atomic E-state index is 5.89. The Morgan fingerprint density at radius 1 is 1.32 bits per heavy atom. The van der Waals surface area contributed by atoms with Gasteiger partial charge in [-0.2, -0.15) is 0 Å². The van der Waals surface area contributed by atoms with E-state index in [0.29, 0.717) is 12.5 Å². The Kier molecular flexibility index (Phi) is 5.61. The number of anilines is 1. The number of rotatable bonds is 3. The fourth-order valence-corrected chi connectivity index (χ4v) is 2.05. The van der Waals surface area contributed by atoms with Gasteiger partial charge in [0.15, 0.2) is 5.96 Å². The van der Waals surface area contributed by atoms with E-state index < -0.39 is 0 Å². The maximum absolute atomic E-state index is 5.89. The second-order valence-corrected chi connectivity index (χ2v) is 5.51. The summed E-state index contributed by atoms with van der Waals surface area (Å²) in [5.74, 6) is 0.466. The van der Waals surface area contributed by atoms with Gasteiger partial charge in [0, 0.05) is 11.1 Å². The van der Waals surface area contributed by atoms with E-state index in [2.05, 4.69) is 49.3 Å². The number of ether oxygens (including phenoxy) is 1. The standard InChI is InChI=1S/C14H21N3O.HI/c1-10-4-11(2)6-12(5-10)17-13(15)16-7-14(3)8-18-9-14;/h4-6H,7-9H2,1-3H3,(H3,15,16,17);1H. The number of aryl methyl sites for hydroxylation is 2. The molecule has 1 fully saturated rings. The van der Waals surface area contributed by atoms with Gasteiger partial charge in [-0.15, -0.1) is 24.0 Å². The molecule has 106 valence electrons. The third kappa shape index (κ3) is 4.65. The summed E-state index contributed by atoms with van der Waals surface area (Å²) in [6.45, 7) is 8.54. The van der Waals surface area contributed by atoms with Gasteiger partial charge in [0.2, 0.25) is 0 Å². The monoisotopic (exact) mass is 375 g/mol. The molecule has 2 rings (SSSR count). The normalized spacial score (nSPS) is 17.3. The summed E-state index contributed by atoms with van der Waals surface area (Å²) in [7, 11) is 0. The number of nitrogens with one attached hydrogen (secondary N) is 1. The predicted octanol–water partition coefficient (Wildman–Crippen LogP) is 2.68. The SMILES string of the molecule is Cc1cc(C)cc(NC(N)=NCC2(C)COC2)c1.I. The average molecular weight is 375 g/mol. The van der Waals surface area contributed by atoms with Gasteiger partial charge in [0.05, 0.1) is 19.8 Å². The molecule has 0 atom stereocenters. The molecular formula is C14H22IN3O. The summed E-state index contributed by atoms with van der Waals surface area (Å²) in [6, 6.07) is 6.25. The Morgan fingerprint density at radius 2 is 1.89 bits per heavy atom. The number of nitrogens with two attached hydrogens (primary N) is 1. The van der Waals surface area contributed by atoms with Crippen LogP contribution in [0.4, 0.5) is 5.69 Å². The van der Waals surface area contributed by atoms with Gasteiger partial charge in [-0.05, 0) is 37.1 Å². The molecule has 0 amide bonds. The molecule has 0 spiro atoms. The second kappa shape index (κ2) is 6.56. The van der Waals surface area contributed by atoms with Crippen LogP contribution in [0.15, 0.2) is 23.2 Å². The van der Waals surface area contributed by atoms with Crippen LogP contribution >= 0.6 is 24.0 Å². The summed E-state index contributed by atoms with van der Waals surface area (Å²) < 4.78 is 5.19. The first-order valence-electron chi connectivity index (χ1n) is 6.20. The smallest absolute Gasteiger partial charge is 0.193 e. The number of nitrogens with zero attached hydrogens (tertiary/aromatic N) is 1. The van der Waals surface area contributed by atoms with E-state index in [4.69, 9.17) is 10.5 Å². The van der Waals surface area contributed by atoms with Gasteiger partial charge < -0.3 is 15.8 Å². The summed E-state index contributed by atoms with van der Waals surface area (Å²) in [5, 5.41) is 3.13. The molecule has 4 nitrogen and oxygen atoms in total. The number of halogens is 1. The minimum absolute atomic E-state index is 0. The molecule has 0 aromatic heterocycles. The van der Waals surface area contributed by atoms with Crippen molar-refractivity contribution in [2.45, 2.75) is 20.8 Å². The Balaban J connectivity index is 0.00000180. The number of guanidine groups is 1. The molecule has 0 saturated carbocycles. The molecule has 0 radical (unpaired) electrons. The van der Waals surface area contributed by atoms with Gasteiger partial charge in [-0.3, -0.25) is 4.99 Å². The van der Waals surface area contributed by atoms with Crippen LogP contribution in [0.1, 0.15) is 18.1 Å². The lowest BCUT2D eigenvalue weighted by Gasteiger charge is -2.36. The predicted molar refractivity (Wildman–Crippen MR) is 90.4 cm³/mol.